The summed E-state index contributed by atoms with van der Waals surface area (Å²) < 4.78 is 21.1. The van der Waals surface area contributed by atoms with E-state index in [1.54, 1.807) is 48.9 Å². The van der Waals surface area contributed by atoms with Crippen molar-refractivity contribution in [1.82, 2.24) is 9.78 Å². The van der Waals surface area contributed by atoms with E-state index in [2.05, 4.69) is 26.3 Å². The fourth-order valence-electron chi connectivity index (χ4n) is 2.62. The molecule has 0 aliphatic carbocycles. The SMILES string of the molecule is CCOC(=O)c1cnn(-c2ccc(C(=O)Nc3ccc(Br)cc3F)cc2)c1C. The second kappa shape index (κ2) is 8.35. The number of halogens is 2. The number of benzene rings is 2. The van der Waals surface area contributed by atoms with Gasteiger partial charge < -0.3 is 10.1 Å². The fourth-order valence-corrected chi connectivity index (χ4v) is 2.95. The van der Waals surface area contributed by atoms with E-state index in [4.69, 9.17) is 4.74 Å². The van der Waals surface area contributed by atoms with Gasteiger partial charge in [0.15, 0.2) is 0 Å². The van der Waals surface area contributed by atoms with Crippen LogP contribution < -0.4 is 5.32 Å². The van der Waals surface area contributed by atoms with Gasteiger partial charge in [-0.25, -0.2) is 13.9 Å². The van der Waals surface area contributed by atoms with Crippen LogP contribution in [0.3, 0.4) is 0 Å². The average Bonchev–Trinajstić information content (AvgIpc) is 3.06. The Bertz CT molecular complexity index is 1030. The number of esters is 1. The largest absolute Gasteiger partial charge is 0.462 e. The summed E-state index contributed by atoms with van der Waals surface area (Å²) in [4.78, 5) is 24.3. The summed E-state index contributed by atoms with van der Waals surface area (Å²) in [5.41, 5.74) is 2.15. The number of hydrogen-bond donors (Lipinski definition) is 1. The molecule has 144 valence electrons. The average molecular weight is 446 g/mol. The molecule has 1 N–H and O–H groups in total. The Morgan fingerprint density at radius 1 is 1.21 bits per heavy atom. The van der Waals surface area contributed by atoms with E-state index in [0.29, 0.717) is 27.0 Å². The Morgan fingerprint density at radius 2 is 1.93 bits per heavy atom. The summed E-state index contributed by atoms with van der Waals surface area (Å²) in [5.74, 6) is -1.39. The molecule has 1 amide bonds. The lowest BCUT2D eigenvalue weighted by molar-refractivity contribution is 0.0525. The first kappa shape index (κ1) is 19.8. The molecule has 0 aliphatic rings. The maximum Gasteiger partial charge on any atom is 0.341 e. The van der Waals surface area contributed by atoms with Crippen molar-refractivity contribution in [3.05, 3.63) is 75.8 Å². The lowest BCUT2D eigenvalue weighted by Crippen LogP contribution is -2.13. The van der Waals surface area contributed by atoms with Gasteiger partial charge in [0.1, 0.15) is 11.4 Å². The molecule has 1 aromatic heterocycles. The zero-order valence-electron chi connectivity index (χ0n) is 15.2. The summed E-state index contributed by atoms with van der Waals surface area (Å²) >= 11 is 3.17. The molecule has 0 fully saturated rings. The first-order chi connectivity index (χ1) is 13.4. The molecular formula is C20H17BrFN3O3. The third kappa shape index (κ3) is 4.12. The summed E-state index contributed by atoms with van der Waals surface area (Å²) in [6.07, 6.45) is 1.45. The number of nitrogens with one attached hydrogen (secondary N) is 1. The molecule has 0 saturated carbocycles. The Morgan fingerprint density at radius 3 is 2.57 bits per heavy atom. The Labute approximate surface area is 169 Å². The molecule has 3 rings (SSSR count). The van der Waals surface area contributed by atoms with E-state index < -0.39 is 17.7 Å². The highest BCUT2D eigenvalue weighted by atomic mass is 79.9. The van der Waals surface area contributed by atoms with Crippen molar-refractivity contribution in [2.45, 2.75) is 13.8 Å². The molecule has 0 saturated heterocycles. The highest BCUT2D eigenvalue weighted by molar-refractivity contribution is 9.10. The number of carbonyl (C=O) groups excluding carboxylic acids is 2. The van der Waals surface area contributed by atoms with Crippen LogP contribution in [-0.2, 0) is 4.74 Å². The van der Waals surface area contributed by atoms with Crippen LogP contribution in [0.15, 0.2) is 53.1 Å². The fraction of sp³-hybridized carbons (Fsp3) is 0.150. The molecule has 0 radical (unpaired) electrons. The number of carbonyl (C=O) groups is 2. The van der Waals surface area contributed by atoms with E-state index in [9.17, 15) is 14.0 Å². The monoisotopic (exact) mass is 445 g/mol. The molecule has 0 atom stereocenters. The second-order valence-electron chi connectivity index (χ2n) is 5.90. The highest BCUT2D eigenvalue weighted by Crippen LogP contribution is 2.21. The maximum atomic E-state index is 13.9. The van der Waals surface area contributed by atoms with E-state index in [1.165, 1.54) is 18.3 Å². The zero-order chi connectivity index (χ0) is 20.3. The van der Waals surface area contributed by atoms with Crippen LogP contribution in [0.4, 0.5) is 10.1 Å². The van der Waals surface area contributed by atoms with Gasteiger partial charge in [-0.2, -0.15) is 5.10 Å². The molecule has 1 heterocycles. The first-order valence-electron chi connectivity index (χ1n) is 8.49. The van der Waals surface area contributed by atoms with Crippen molar-refractivity contribution in [3.63, 3.8) is 0 Å². The van der Waals surface area contributed by atoms with Crippen molar-refractivity contribution in [3.8, 4) is 5.69 Å². The van der Waals surface area contributed by atoms with Crippen LogP contribution in [-0.4, -0.2) is 28.3 Å². The normalized spacial score (nSPS) is 10.6. The molecule has 2 aromatic carbocycles. The molecule has 6 nitrogen and oxygen atoms in total. The predicted molar refractivity (Wildman–Crippen MR) is 106 cm³/mol. The van der Waals surface area contributed by atoms with E-state index in [1.807, 2.05) is 0 Å². The van der Waals surface area contributed by atoms with Gasteiger partial charge in [-0.3, -0.25) is 4.79 Å². The van der Waals surface area contributed by atoms with Crippen LogP contribution in [0.2, 0.25) is 0 Å². The molecule has 3 aromatic rings. The minimum absolute atomic E-state index is 0.0966. The van der Waals surface area contributed by atoms with Gasteiger partial charge in [-0.15, -0.1) is 0 Å². The second-order valence-corrected chi connectivity index (χ2v) is 6.82. The number of ether oxygens (including phenoxy) is 1. The number of nitrogens with zero attached hydrogens (tertiary/aromatic N) is 2. The topological polar surface area (TPSA) is 73.2 Å². The van der Waals surface area contributed by atoms with Crippen LogP contribution in [0.5, 0.6) is 0 Å². The van der Waals surface area contributed by atoms with Crippen LogP contribution >= 0.6 is 15.9 Å². The van der Waals surface area contributed by atoms with Crippen molar-refractivity contribution in [1.29, 1.82) is 0 Å². The summed E-state index contributed by atoms with van der Waals surface area (Å²) in [5, 5.41) is 6.75. The van der Waals surface area contributed by atoms with Gasteiger partial charge in [0, 0.05) is 10.0 Å². The first-order valence-corrected chi connectivity index (χ1v) is 9.28. The van der Waals surface area contributed by atoms with Crippen LogP contribution in [0.25, 0.3) is 5.69 Å². The Hall–Kier alpha value is -3.00. The third-order valence-corrected chi connectivity index (χ3v) is 4.55. The van der Waals surface area contributed by atoms with Gasteiger partial charge in [0.25, 0.3) is 5.91 Å². The van der Waals surface area contributed by atoms with Gasteiger partial charge in [-0.1, -0.05) is 15.9 Å². The van der Waals surface area contributed by atoms with Crippen molar-refractivity contribution in [2.75, 3.05) is 11.9 Å². The Kier molecular flexibility index (Phi) is 5.89. The smallest absolute Gasteiger partial charge is 0.341 e. The molecular weight excluding hydrogens is 429 g/mol. The van der Waals surface area contributed by atoms with Gasteiger partial charge in [0.05, 0.1) is 29.9 Å². The summed E-state index contributed by atoms with van der Waals surface area (Å²) in [6, 6.07) is 11.0. The number of anilines is 1. The minimum Gasteiger partial charge on any atom is -0.462 e. The number of aromatic nitrogens is 2. The number of rotatable bonds is 5. The lowest BCUT2D eigenvalue weighted by Gasteiger charge is -2.09. The van der Waals surface area contributed by atoms with Crippen molar-refractivity contribution >= 4 is 33.5 Å². The van der Waals surface area contributed by atoms with Crippen LogP contribution in [0, 0.1) is 12.7 Å². The van der Waals surface area contributed by atoms with Gasteiger partial charge >= 0.3 is 5.97 Å². The predicted octanol–water partition coefficient (Wildman–Crippen LogP) is 4.51. The van der Waals surface area contributed by atoms with E-state index in [-0.39, 0.29) is 12.3 Å². The third-order valence-electron chi connectivity index (χ3n) is 4.06. The molecule has 8 heteroatoms. The molecule has 0 bridgehead atoms. The standard InChI is InChI=1S/C20H17BrFN3O3/c1-3-28-20(27)16-11-23-25(12(16)2)15-7-4-13(5-8-15)19(26)24-18-9-6-14(21)10-17(18)22/h4-11H,3H2,1-2H3,(H,24,26). The summed E-state index contributed by atoms with van der Waals surface area (Å²) in [6.45, 7) is 3.78. The molecule has 0 unspecified atom stereocenters. The molecule has 28 heavy (non-hydrogen) atoms. The van der Waals surface area contributed by atoms with Crippen LogP contribution in [0.1, 0.15) is 33.3 Å². The van der Waals surface area contributed by atoms with E-state index in [0.717, 1.165) is 0 Å². The highest BCUT2D eigenvalue weighted by Gasteiger charge is 2.16. The quantitative estimate of drug-likeness (QED) is 0.586. The van der Waals surface area contributed by atoms with Gasteiger partial charge in [0.2, 0.25) is 0 Å². The van der Waals surface area contributed by atoms with Crippen molar-refractivity contribution < 1.29 is 18.7 Å². The zero-order valence-corrected chi connectivity index (χ0v) is 16.8. The number of amides is 1. The molecule has 0 aliphatic heterocycles. The molecule has 0 spiro atoms. The number of hydrogen-bond acceptors (Lipinski definition) is 4. The van der Waals surface area contributed by atoms with Crippen molar-refractivity contribution in [2.24, 2.45) is 0 Å². The summed E-state index contributed by atoms with van der Waals surface area (Å²) in [7, 11) is 0. The Balaban J connectivity index is 1.78. The lowest BCUT2D eigenvalue weighted by atomic mass is 10.2. The van der Waals surface area contributed by atoms with Gasteiger partial charge in [-0.05, 0) is 56.3 Å². The minimum atomic E-state index is -0.530. The maximum absolute atomic E-state index is 13.9. The van der Waals surface area contributed by atoms with E-state index >= 15 is 0 Å².